The number of aryl methyl sites for hydroxylation is 1. The SMILES string of the molecule is Cc1cnc(Nc2cc(Cl)c3c(c2)COB3O)nc1NC1COCCC1C#N. The fourth-order valence-corrected chi connectivity index (χ4v) is 3.72. The number of anilines is 3. The summed E-state index contributed by atoms with van der Waals surface area (Å²) >= 11 is 6.28. The molecule has 1 fully saturated rings. The third kappa shape index (κ3) is 3.77. The van der Waals surface area contributed by atoms with Crippen LogP contribution in [-0.2, 0) is 16.0 Å². The largest absolute Gasteiger partial charge is 0.493 e. The Hall–Kier alpha value is -2.38. The van der Waals surface area contributed by atoms with Crippen LogP contribution < -0.4 is 16.1 Å². The maximum absolute atomic E-state index is 9.81. The van der Waals surface area contributed by atoms with Crippen LogP contribution in [0.25, 0.3) is 0 Å². The number of nitrogens with zero attached hydrogens (tertiary/aromatic N) is 3. The molecule has 2 aliphatic heterocycles. The molecule has 10 heteroatoms. The standard InChI is InChI=1S/C18H19BClN5O3/c1-10-7-22-18(25-17(10)24-15-9-27-3-2-11(15)6-21)23-13-4-12-8-28-19(26)16(12)14(20)5-13/h4-5,7,11,15,26H,2-3,8-9H2,1H3,(H2,22,23,24,25). The fraction of sp³-hybridized carbons (Fsp3) is 0.389. The molecule has 1 aromatic carbocycles. The van der Waals surface area contributed by atoms with Crippen molar-refractivity contribution in [3.63, 3.8) is 0 Å². The first-order valence-electron chi connectivity index (χ1n) is 9.01. The number of nitriles is 1. The minimum atomic E-state index is -0.992. The molecule has 3 N–H and O–H groups in total. The van der Waals surface area contributed by atoms with E-state index in [1.807, 2.05) is 13.0 Å². The Morgan fingerprint density at radius 3 is 3.11 bits per heavy atom. The normalized spacial score (nSPS) is 21.1. The van der Waals surface area contributed by atoms with Gasteiger partial charge in [-0.2, -0.15) is 10.2 Å². The molecule has 0 amide bonds. The van der Waals surface area contributed by atoms with Crippen molar-refractivity contribution in [2.24, 2.45) is 5.92 Å². The minimum Gasteiger partial charge on any atom is -0.423 e. The van der Waals surface area contributed by atoms with Crippen molar-refractivity contribution >= 4 is 41.6 Å². The molecule has 4 rings (SSSR count). The second kappa shape index (κ2) is 7.93. The molecule has 0 saturated carbocycles. The molecule has 144 valence electrons. The average molecular weight is 400 g/mol. The van der Waals surface area contributed by atoms with Crippen LogP contribution in [0.4, 0.5) is 17.5 Å². The maximum Gasteiger partial charge on any atom is 0.493 e. The van der Waals surface area contributed by atoms with Crippen molar-refractivity contribution in [2.75, 3.05) is 23.8 Å². The Kier molecular flexibility index (Phi) is 5.37. The first kappa shape index (κ1) is 19.0. The highest BCUT2D eigenvalue weighted by atomic mass is 35.5. The van der Waals surface area contributed by atoms with Crippen LogP contribution in [0.3, 0.4) is 0 Å². The number of aromatic nitrogens is 2. The smallest absolute Gasteiger partial charge is 0.423 e. The minimum absolute atomic E-state index is 0.117. The van der Waals surface area contributed by atoms with Gasteiger partial charge in [-0.15, -0.1) is 0 Å². The summed E-state index contributed by atoms with van der Waals surface area (Å²) in [6.45, 7) is 3.27. The molecule has 3 heterocycles. The van der Waals surface area contributed by atoms with Crippen molar-refractivity contribution in [1.82, 2.24) is 9.97 Å². The van der Waals surface area contributed by atoms with Gasteiger partial charge in [0.2, 0.25) is 5.95 Å². The maximum atomic E-state index is 9.81. The number of benzene rings is 1. The summed E-state index contributed by atoms with van der Waals surface area (Å²) in [5.74, 6) is 0.926. The molecule has 28 heavy (non-hydrogen) atoms. The number of halogens is 1. The number of rotatable bonds is 4. The monoisotopic (exact) mass is 399 g/mol. The van der Waals surface area contributed by atoms with Gasteiger partial charge in [0.05, 0.1) is 31.2 Å². The Labute approximate surface area is 168 Å². The quantitative estimate of drug-likeness (QED) is 0.667. The van der Waals surface area contributed by atoms with Crippen LogP contribution in [0.5, 0.6) is 0 Å². The third-order valence-corrected chi connectivity index (χ3v) is 5.24. The first-order valence-corrected chi connectivity index (χ1v) is 9.39. The molecule has 1 saturated heterocycles. The van der Waals surface area contributed by atoms with Crippen LogP contribution in [-0.4, -0.2) is 41.4 Å². The van der Waals surface area contributed by atoms with Gasteiger partial charge in [-0.25, -0.2) is 4.98 Å². The van der Waals surface area contributed by atoms with Crippen molar-refractivity contribution in [3.8, 4) is 6.07 Å². The van der Waals surface area contributed by atoms with E-state index in [1.165, 1.54) is 0 Å². The van der Waals surface area contributed by atoms with Gasteiger partial charge in [0, 0.05) is 34.5 Å². The second-order valence-corrected chi connectivity index (χ2v) is 7.30. The summed E-state index contributed by atoms with van der Waals surface area (Å²) in [6, 6.07) is 5.78. The van der Waals surface area contributed by atoms with Gasteiger partial charge in [-0.05, 0) is 31.0 Å². The summed E-state index contributed by atoms with van der Waals surface area (Å²) in [4.78, 5) is 8.87. The summed E-state index contributed by atoms with van der Waals surface area (Å²) < 4.78 is 10.7. The molecule has 2 atom stereocenters. The molecule has 0 radical (unpaired) electrons. The molecular formula is C18H19BClN5O3. The topological polar surface area (TPSA) is 112 Å². The lowest BCUT2D eigenvalue weighted by atomic mass is 9.79. The number of nitrogens with one attached hydrogen (secondary N) is 2. The zero-order chi connectivity index (χ0) is 19.7. The van der Waals surface area contributed by atoms with Crippen molar-refractivity contribution in [3.05, 3.63) is 34.5 Å². The second-order valence-electron chi connectivity index (χ2n) is 6.89. The Bertz CT molecular complexity index is 938. The van der Waals surface area contributed by atoms with Crippen LogP contribution in [0.1, 0.15) is 17.5 Å². The van der Waals surface area contributed by atoms with Gasteiger partial charge in [0.1, 0.15) is 5.82 Å². The van der Waals surface area contributed by atoms with E-state index in [1.54, 1.807) is 12.3 Å². The van der Waals surface area contributed by atoms with Crippen molar-refractivity contribution in [1.29, 1.82) is 5.26 Å². The van der Waals surface area contributed by atoms with E-state index < -0.39 is 7.12 Å². The molecule has 1 aromatic heterocycles. The lowest BCUT2D eigenvalue weighted by Gasteiger charge is -2.28. The number of ether oxygens (including phenoxy) is 1. The Morgan fingerprint density at radius 2 is 2.29 bits per heavy atom. The number of hydrogen-bond acceptors (Lipinski definition) is 8. The van der Waals surface area contributed by atoms with Gasteiger partial charge in [-0.1, -0.05) is 11.6 Å². The summed E-state index contributed by atoms with van der Waals surface area (Å²) in [5.41, 5.74) is 2.99. The molecule has 2 unspecified atom stereocenters. The average Bonchev–Trinajstić information content (AvgIpc) is 3.06. The van der Waals surface area contributed by atoms with Crippen LogP contribution in [0.2, 0.25) is 5.02 Å². The third-order valence-electron chi connectivity index (χ3n) is 4.93. The van der Waals surface area contributed by atoms with Crippen molar-refractivity contribution < 1.29 is 14.4 Å². The van der Waals surface area contributed by atoms with Gasteiger partial charge < -0.3 is 25.0 Å². The molecule has 8 nitrogen and oxygen atoms in total. The summed E-state index contributed by atoms with van der Waals surface area (Å²) in [7, 11) is -0.992. The molecular weight excluding hydrogens is 380 g/mol. The van der Waals surface area contributed by atoms with Gasteiger partial charge >= 0.3 is 7.12 Å². The van der Waals surface area contributed by atoms with E-state index in [0.717, 1.165) is 11.1 Å². The van der Waals surface area contributed by atoms with E-state index in [0.29, 0.717) is 54.2 Å². The number of hydrogen-bond donors (Lipinski definition) is 3. The zero-order valence-electron chi connectivity index (χ0n) is 15.3. The zero-order valence-corrected chi connectivity index (χ0v) is 16.0. The van der Waals surface area contributed by atoms with E-state index in [4.69, 9.17) is 21.0 Å². The predicted octanol–water partition coefficient (Wildman–Crippen LogP) is 1.74. The first-order chi connectivity index (χ1) is 13.5. The van der Waals surface area contributed by atoms with E-state index in [-0.39, 0.29) is 12.0 Å². The Balaban J connectivity index is 1.55. The van der Waals surface area contributed by atoms with Crippen molar-refractivity contribution in [2.45, 2.75) is 26.0 Å². The van der Waals surface area contributed by atoms with E-state index in [2.05, 4.69) is 26.7 Å². The van der Waals surface area contributed by atoms with Crippen LogP contribution >= 0.6 is 11.6 Å². The summed E-state index contributed by atoms with van der Waals surface area (Å²) in [6.07, 6.45) is 2.41. The van der Waals surface area contributed by atoms with Gasteiger partial charge in [-0.3, -0.25) is 0 Å². The Morgan fingerprint density at radius 1 is 1.43 bits per heavy atom. The highest BCUT2D eigenvalue weighted by Gasteiger charge is 2.30. The van der Waals surface area contributed by atoms with E-state index in [9.17, 15) is 10.3 Å². The fourth-order valence-electron chi connectivity index (χ4n) is 3.38. The predicted molar refractivity (Wildman–Crippen MR) is 106 cm³/mol. The number of fused-ring (bicyclic) bond motifs is 1. The van der Waals surface area contributed by atoms with Crippen LogP contribution in [0, 0.1) is 24.2 Å². The molecule has 2 aromatic rings. The lowest BCUT2D eigenvalue weighted by molar-refractivity contribution is 0.0698. The van der Waals surface area contributed by atoms with Gasteiger partial charge in [0.15, 0.2) is 0 Å². The molecule has 0 aliphatic carbocycles. The highest BCUT2D eigenvalue weighted by Crippen LogP contribution is 2.26. The lowest BCUT2D eigenvalue weighted by Crippen LogP contribution is -2.38. The van der Waals surface area contributed by atoms with Crippen LogP contribution in [0.15, 0.2) is 18.3 Å². The summed E-state index contributed by atoms with van der Waals surface area (Å²) in [5, 5.41) is 26.0. The van der Waals surface area contributed by atoms with Gasteiger partial charge in [0.25, 0.3) is 0 Å². The molecule has 0 bridgehead atoms. The highest BCUT2D eigenvalue weighted by molar-refractivity contribution is 6.65. The van der Waals surface area contributed by atoms with E-state index >= 15 is 0 Å². The molecule has 2 aliphatic rings. The molecule has 0 spiro atoms.